The van der Waals surface area contributed by atoms with Crippen molar-refractivity contribution < 1.29 is 4.79 Å². The SMILES string of the molecule is CCNC(=O)CCNc1cc(SC)ncn1. The number of nitrogens with one attached hydrogen (secondary N) is 2. The van der Waals surface area contributed by atoms with Gasteiger partial charge in [-0.15, -0.1) is 11.8 Å². The second-order valence-corrected chi connectivity index (χ2v) is 3.90. The molecule has 1 aromatic heterocycles. The second-order valence-electron chi connectivity index (χ2n) is 3.08. The van der Waals surface area contributed by atoms with E-state index in [1.54, 1.807) is 11.8 Å². The quantitative estimate of drug-likeness (QED) is 0.576. The van der Waals surface area contributed by atoms with Gasteiger partial charge in [-0.05, 0) is 13.2 Å². The Hall–Kier alpha value is -1.30. The number of hydrogen-bond donors (Lipinski definition) is 2. The molecule has 1 heterocycles. The first-order chi connectivity index (χ1) is 7.76. The van der Waals surface area contributed by atoms with Gasteiger partial charge in [0.2, 0.25) is 5.91 Å². The van der Waals surface area contributed by atoms with Gasteiger partial charge < -0.3 is 10.6 Å². The van der Waals surface area contributed by atoms with Crippen molar-refractivity contribution in [3.8, 4) is 0 Å². The third kappa shape index (κ3) is 4.48. The predicted molar refractivity (Wildman–Crippen MR) is 65.6 cm³/mol. The zero-order chi connectivity index (χ0) is 11.8. The Labute approximate surface area is 99.4 Å². The van der Waals surface area contributed by atoms with Crippen LogP contribution in [0.5, 0.6) is 0 Å². The molecular formula is C10H16N4OS. The fourth-order valence-electron chi connectivity index (χ4n) is 1.14. The van der Waals surface area contributed by atoms with Gasteiger partial charge in [-0.1, -0.05) is 0 Å². The van der Waals surface area contributed by atoms with E-state index in [9.17, 15) is 4.79 Å². The minimum atomic E-state index is 0.0501. The summed E-state index contributed by atoms with van der Waals surface area (Å²) in [6, 6.07) is 1.86. The molecule has 0 spiro atoms. The van der Waals surface area contributed by atoms with Crippen LogP contribution in [-0.4, -0.2) is 35.2 Å². The van der Waals surface area contributed by atoms with Gasteiger partial charge in [-0.25, -0.2) is 9.97 Å². The van der Waals surface area contributed by atoms with Crippen LogP contribution in [-0.2, 0) is 4.79 Å². The zero-order valence-electron chi connectivity index (χ0n) is 9.49. The number of anilines is 1. The molecule has 6 heteroatoms. The Balaban J connectivity index is 2.34. The maximum absolute atomic E-state index is 11.2. The van der Waals surface area contributed by atoms with E-state index in [0.717, 1.165) is 10.8 Å². The summed E-state index contributed by atoms with van der Waals surface area (Å²) >= 11 is 1.56. The topological polar surface area (TPSA) is 66.9 Å². The lowest BCUT2D eigenvalue weighted by Crippen LogP contribution is -2.24. The molecule has 0 aromatic carbocycles. The van der Waals surface area contributed by atoms with Crippen LogP contribution in [0.2, 0.25) is 0 Å². The fourth-order valence-corrected chi connectivity index (χ4v) is 1.52. The number of nitrogens with zero attached hydrogens (tertiary/aromatic N) is 2. The Morgan fingerprint density at radius 3 is 3.00 bits per heavy atom. The zero-order valence-corrected chi connectivity index (χ0v) is 10.3. The Morgan fingerprint density at radius 2 is 2.31 bits per heavy atom. The van der Waals surface area contributed by atoms with Crippen molar-refractivity contribution >= 4 is 23.5 Å². The first-order valence-electron chi connectivity index (χ1n) is 5.13. The fraction of sp³-hybridized carbons (Fsp3) is 0.500. The smallest absolute Gasteiger partial charge is 0.221 e. The molecular weight excluding hydrogens is 224 g/mol. The van der Waals surface area contributed by atoms with Crippen molar-refractivity contribution in [2.45, 2.75) is 18.4 Å². The molecule has 1 rings (SSSR count). The molecule has 0 aliphatic carbocycles. The standard InChI is InChI=1S/C10H16N4OS/c1-3-11-9(15)4-5-12-8-6-10(16-2)14-7-13-8/h6-7H,3-5H2,1-2H3,(H,11,15)(H,12,13,14). The largest absolute Gasteiger partial charge is 0.369 e. The summed E-state index contributed by atoms with van der Waals surface area (Å²) in [7, 11) is 0. The molecule has 0 saturated heterocycles. The third-order valence-corrected chi connectivity index (χ3v) is 2.52. The van der Waals surface area contributed by atoms with Crippen LogP contribution in [0.15, 0.2) is 17.4 Å². The number of rotatable bonds is 6. The highest BCUT2D eigenvalue weighted by Gasteiger charge is 2.00. The molecule has 88 valence electrons. The number of thioether (sulfide) groups is 1. The average molecular weight is 240 g/mol. The van der Waals surface area contributed by atoms with Gasteiger partial charge in [0, 0.05) is 25.6 Å². The third-order valence-electron chi connectivity index (χ3n) is 1.88. The van der Waals surface area contributed by atoms with Crippen LogP contribution in [0.1, 0.15) is 13.3 Å². The van der Waals surface area contributed by atoms with E-state index >= 15 is 0 Å². The Kier molecular flexibility index (Phi) is 5.63. The summed E-state index contributed by atoms with van der Waals surface area (Å²) in [4.78, 5) is 19.3. The van der Waals surface area contributed by atoms with Crippen LogP contribution in [0.25, 0.3) is 0 Å². The molecule has 1 aromatic rings. The molecule has 0 radical (unpaired) electrons. The van der Waals surface area contributed by atoms with Crippen LogP contribution in [0, 0.1) is 0 Å². The minimum Gasteiger partial charge on any atom is -0.369 e. The minimum absolute atomic E-state index is 0.0501. The molecule has 0 bridgehead atoms. The van der Waals surface area contributed by atoms with Crippen LogP contribution < -0.4 is 10.6 Å². The summed E-state index contributed by atoms with van der Waals surface area (Å²) in [5, 5.41) is 6.73. The number of carbonyl (C=O) groups is 1. The number of aromatic nitrogens is 2. The van der Waals surface area contributed by atoms with E-state index in [-0.39, 0.29) is 5.91 Å². The van der Waals surface area contributed by atoms with Crippen molar-refractivity contribution in [1.82, 2.24) is 15.3 Å². The Morgan fingerprint density at radius 1 is 1.50 bits per heavy atom. The van der Waals surface area contributed by atoms with Crippen LogP contribution in [0.3, 0.4) is 0 Å². The monoisotopic (exact) mass is 240 g/mol. The highest BCUT2D eigenvalue weighted by Crippen LogP contribution is 2.13. The second kappa shape index (κ2) is 7.05. The summed E-state index contributed by atoms with van der Waals surface area (Å²) in [5.74, 6) is 0.804. The number of carbonyl (C=O) groups excluding carboxylic acids is 1. The summed E-state index contributed by atoms with van der Waals surface area (Å²) in [5.41, 5.74) is 0. The van der Waals surface area contributed by atoms with Gasteiger partial charge in [-0.3, -0.25) is 4.79 Å². The molecule has 1 amide bonds. The highest BCUT2D eigenvalue weighted by molar-refractivity contribution is 7.98. The number of hydrogen-bond acceptors (Lipinski definition) is 5. The van der Waals surface area contributed by atoms with E-state index in [2.05, 4.69) is 20.6 Å². The normalized spacial score (nSPS) is 9.88. The van der Waals surface area contributed by atoms with Crippen LogP contribution >= 0.6 is 11.8 Å². The first-order valence-corrected chi connectivity index (χ1v) is 6.35. The van der Waals surface area contributed by atoms with Gasteiger partial charge in [0.25, 0.3) is 0 Å². The van der Waals surface area contributed by atoms with E-state index in [4.69, 9.17) is 0 Å². The molecule has 0 saturated carbocycles. The molecule has 0 unspecified atom stereocenters. The first kappa shape index (κ1) is 12.8. The van der Waals surface area contributed by atoms with Crippen molar-refractivity contribution in [2.24, 2.45) is 0 Å². The summed E-state index contributed by atoms with van der Waals surface area (Å²) in [6.07, 6.45) is 3.92. The van der Waals surface area contributed by atoms with Gasteiger partial charge in [0.05, 0.1) is 0 Å². The maximum Gasteiger partial charge on any atom is 0.221 e. The maximum atomic E-state index is 11.2. The van der Waals surface area contributed by atoms with Crippen molar-refractivity contribution in [2.75, 3.05) is 24.7 Å². The molecule has 0 aliphatic heterocycles. The molecule has 5 nitrogen and oxygen atoms in total. The van der Waals surface area contributed by atoms with Crippen molar-refractivity contribution in [3.05, 3.63) is 12.4 Å². The van der Waals surface area contributed by atoms with Gasteiger partial charge >= 0.3 is 0 Å². The van der Waals surface area contributed by atoms with Gasteiger partial charge in [0.1, 0.15) is 17.2 Å². The summed E-state index contributed by atoms with van der Waals surface area (Å²) in [6.45, 7) is 3.15. The molecule has 0 fully saturated rings. The van der Waals surface area contributed by atoms with E-state index in [1.807, 2.05) is 19.2 Å². The van der Waals surface area contributed by atoms with Crippen molar-refractivity contribution in [3.63, 3.8) is 0 Å². The molecule has 16 heavy (non-hydrogen) atoms. The summed E-state index contributed by atoms with van der Waals surface area (Å²) < 4.78 is 0. The van der Waals surface area contributed by atoms with Crippen molar-refractivity contribution in [1.29, 1.82) is 0 Å². The lowest BCUT2D eigenvalue weighted by atomic mass is 10.4. The lowest BCUT2D eigenvalue weighted by Gasteiger charge is -2.05. The number of amides is 1. The van der Waals surface area contributed by atoms with E-state index in [1.165, 1.54) is 6.33 Å². The molecule has 0 atom stereocenters. The molecule has 0 aliphatic rings. The van der Waals surface area contributed by atoms with E-state index in [0.29, 0.717) is 19.5 Å². The van der Waals surface area contributed by atoms with Gasteiger partial charge in [-0.2, -0.15) is 0 Å². The average Bonchev–Trinajstić information content (AvgIpc) is 2.30. The van der Waals surface area contributed by atoms with E-state index < -0.39 is 0 Å². The van der Waals surface area contributed by atoms with Gasteiger partial charge in [0.15, 0.2) is 0 Å². The highest BCUT2D eigenvalue weighted by atomic mass is 32.2. The Bertz CT molecular complexity index is 345. The molecule has 2 N–H and O–H groups in total. The lowest BCUT2D eigenvalue weighted by molar-refractivity contribution is -0.120. The predicted octanol–water partition coefficient (Wildman–Crippen LogP) is 1.14. The van der Waals surface area contributed by atoms with Crippen LogP contribution in [0.4, 0.5) is 5.82 Å².